The third kappa shape index (κ3) is 4.74. The highest BCUT2D eigenvalue weighted by Crippen LogP contribution is 2.37. The van der Waals surface area contributed by atoms with E-state index >= 15 is 0 Å². The number of thiophene rings is 1. The summed E-state index contributed by atoms with van der Waals surface area (Å²) in [5.74, 6) is -1.24. The van der Waals surface area contributed by atoms with E-state index in [4.69, 9.17) is 32.9 Å². The van der Waals surface area contributed by atoms with Crippen molar-refractivity contribution in [1.29, 1.82) is 0 Å². The molecule has 4 aromatic rings. The van der Waals surface area contributed by atoms with Crippen molar-refractivity contribution in [3.63, 3.8) is 0 Å². The highest BCUT2D eigenvalue weighted by molar-refractivity contribution is 7.18. The minimum atomic E-state index is -0.598. The van der Waals surface area contributed by atoms with Crippen LogP contribution in [0.15, 0.2) is 42.5 Å². The lowest BCUT2D eigenvalue weighted by molar-refractivity contribution is 0.0527. The maximum Gasteiger partial charge on any atom is 0.341 e. The molecule has 0 saturated carbocycles. The number of hydrogen-bond donors (Lipinski definition) is 1. The molecule has 4 rings (SSSR count). The van der Waals surface area contributed by atoms with Crippen molar-refractivity contribution in [2.24, 2.45) is 0 Å². The van der Waals surface area contributed by atoms with Gasteiger partial charge in [0.1, 0.15) is 5.00 Å². The molecule has 9 heteroatoms. The SMILES string of the molecule is CCOC(=O)c1c(NC(=O)c2c(C)c(-c3ccc(Cl)cc3Cl)nc3ccccc23)sc(C(C)=O)c1C. The molecule has 0 aliphatic carbocycles. The summed E-state index contributed by atoms with van der Waals surface area (Å²) in [5, 5.41) is 4.65. The van der Waals surface area contributed by atoms with Crippen LogP contribution in [0.4, 0.5) is 5.00 Å². The van der Waals surface area contributed by atoms with Crippen LogP contribution in [0.2, 0.25) is 10.0 Å². The molecule has 0 unspecified atom stereocenters. The molecule has 0 fully saturated rings. The van der Waals surface area contributed by atoms with Crippen LogP contribution in [-0.2, 0) is 4.74 Å². The lowest BCUT2D eigenvalue weighted by Crippen LogP contribution is -2.17. The topological polar surface area (TPSA) is 85.4 Å². The summed E-state index contributed by atoms with van der Waals surface area (Å²) in [4.78, 5) is 43.8. The van der Waals surface area contributed by atoms with E-state index in [0.717, 1.165) is 11.3 Å². The van der Waals surface area contributed by atoms with Crippen molar-refractivity contribution in [3.8, 4) is 11.3 Å². The second kappa shape index (κ2) is 10.4. The first kappa shape index (κ1) is 25.8. The van der Waals surface area contributed by atoms with E-state index in [9.17, 15) is 14.4 Å². The average molecular weight is 541 g/mol. The number of hydrogen-bond acceptors (Lipinski definition) is 6. The molecule has 184 valence electrons. The summed E-state index contributed by atoms with van der Waals surface area (Å²) in [7, 11) is 0. The molecular weight excluding hydrogens is 519 g/mol. The Morgan fingerprint density at radius 2 is 1.75 bits per heavy atom. The van der Waals surface area contributed by atoms with Gasteiger partial charge >= 0.3 is 5.97 Å². The van der Waals surface area contributed by atoms with Crippen LogP contribution in [0.3, 0.4) is 0 Å². The lowest BCUT2D eigenvalue weighted by atomic mass is 9.97. The fraction of sp³-hybridized carbons (Fsp3) is 0.185. The third-order valence-electron chi connectivity index (χ3n) is 5.72. The van der Waals surface area contributed by atoms with Gasteiger partial charge in [0, 0.05) is 16.0 Å². The zero-order chi connectivity index (χ0) is 26.1. The standard InChI is InChI=1S/C27H22Cl2N2O4S/c1-5-35-27(34)22-14(3)24(15(4)32)36-26(22)31-25(33)21-13(2)23(17-11-10-16(28)12-19(17)29)30-20-9-7-6-8-18(20)21/h6-12H,5H2,1-4H3,(H,31,33). The molecule has 2 aromatic carbocycles. The molecule has 0 atom stereocenters. The van der Waals surface area contributed by atoms with Crippen molar-refractivity contribution in [1.82, 2.24) is 4.98 Å². The Morgan fingerprint density at radius 3 is 2.42 bits per heavy atom. The number of halogens is 2. The Labute approximate surface area is 222 Å². The number of carbonyl (C=O) groups is 3. The van der Waals surface area contributed by atoms with E-state index in [0.29, 0.717) is 53.8 Å². The summed E-state index contributed by atoms with van der Waals surface area (Å²) in [6.07, 6.45) is 0. The summed E-state index contributed by atoms with van der Waals surface area (Å²) in [5.41, 5.74) is 3.42. The number of para-hydroxylation sites is 1. The molecule has 1 N–H and O–H groups in total. The quantitative estimate of drug-likeness (QED) is 0.202. The molecule has 0 aliphatic heterocycles. The maximum absolute atomic E-state index is 13.8. The second-order valence-corrected chi connectivity index (χ2v) is 9.96. The number of fused-ring (bicyclic) bond motifs is 1. The number of Topliss-reactive ketones (excluding diaryl/α,β-unsaturated/α-hetero) is 1. The van der Waals surface area contributed by atoms with Crippen molar-refractivity contribution >= 4 is 68.1 Å². The van der Waals surface area contributed by atoms with E-state index in [2.05, 4.69) is 5.32 Å². The van der Waals surface area contributed by atoms with Gasteiger partial charge in [0.15, 0.2) is 5.78 Å². The van der Waals surface area contributed by atoms with Gasteiger partial charge in [0.05, 0.1) is 38.8 Å². The Balaban J connectivity index is 1.89. The number of anilines is 1. The van der Waals surface area contributed by atoms with Crippen molar-refractivity contribution in [2.45, 2.75) is 27.7 Å². The van der Waals surface area contributed by atoms with Crippen LogP contribution in [0, 0.1) is 13.8 Å². The number of ketones is 1. The second-order valence-electron chi connectivity index (χ2n) is 8.09. The zero-order valence-electron chi connectivity index (χ0n) is 20.0. The van der Waals surface area contributed by atoms with Gasteiger partial charge in [-0.2, -0.15) is 0 Å². The van der Waals surface area contributed by atoms with Crippen LogP contribution in [0.5, 0.6) is 0 Å². The molecular formula is C27H22Cl2N2O4S. The number of esters is 1. The first-order valence-corrected chi connectivity index (χ1v) is 12.7. The number of pyridine rings is 1. The van der Waals surface area contributed by atoms with E-state index in [-0.39, 0.29) is 23.0 Å². The van der Waals surface area contributed by atoms with Crippen molar-refractivity contribution in [2.75, 3.05) is 11.9 Å². The van der Waals surface area contributed by atoms with E-state index < -0.39 is 11.9 Å². The molecule has 0 radical (unpaired) electrons. The van der Waals surface area contributed by atoms with Gasteiger partial charge in [-0.1, -0.05) is 41.4 Å². The summed E-state index contributed by atoms with van der Waals surface area (Å²) >= 11 is 13.6. The molecule has 2 aromatic heterocycles. The van der Waals surface area contributed by atoms with Gasteiger partial charge in [-0.05, 0) is 63.1 Å². The fourth-order valence-corrected chi connectivity index (χ4v) is 5.68. The summed E-state index contributed by atoms with van der Waals surface area (Å²) < 4.78 is 5.19. The van der Waals surface area contributed by atoms with Gasteiger partial charge in [-0.15, -0.1) is 11.3 Å². The third-order valence-corrected chi connectivity index (χ3v) is 7.58. The Morgan fingerprint density at radius 1 is 1.03 bits per heavy atom. The average Bonchev–Trinajstić information content (AvgIpc) is 3.15. The predicted octanol–water partition coefficient (Wildman–Crippen LogP) is 7.52. The first-order chi connectivity index (χ1) is 17.1. The van der Waals surface area contributed by atoms with Crippen LogP contribution >= 0.6 is 34.5 Å². The minimum absolute atomic E-state index is 0.163. The molecule has 2 heterocycles. The molecule has 0 bridgehead atoms. The van der Waals surface area contributed by atoms with Gasteiger partial charge in [0.2, 0.25) is 0 Å². The van der Waals surface area contributed by atoms with Crippen LogP contribution in [0.1, 0.15) is 55.4 Å². The summed E-state index contributed by atoms with van der Waals surface area (Å²) in [6, 6.07) is 12.4. The highest BCUT2D eigenvalue weighted by Gasteiger charge is 2.27. The molecule has 1 amide bonds. The normalized spacial score (nSPS) is 10.9. The van der Waals surface area contributed by atoms with Crippen molar-refractivity contribution in [3.05, 3.63) is 79.6 Å². The minimum Gasteiger partial charge on any atom is -0.462 e. The molecule has 0 aliphatic rings. The van der Waals surface area contributed by atoms with Crippen LogP contribution < -0.4 is 5.32 Å². The Hall–Kier alpha value is -3.26. The Kier molecular flexibility index (Phi) is 7.45. The predicted molar refractivity (Wildman–Crippen MR) is 145 cm³/mol. The number of ether oxygens (including phenoxy) is 1. The molecule has 0 saturated heterocycles. The number of aromatic nitrogens is 1. The number of nitrogens with zero attached hydrogens (tertiary/aromatic N) is 1. The maximum atomic E-state index is 13.8. The number of benzene rings is 2. The van der Waals surface area contributed by atoms with Crippen molar-refractivity contribution < 1.29 is 19.1 Å². The fourth-order valence-electron chi connectivity index (χ4n) is 4.10. The smallest absolute Gasteiger partial charge is 0.341 e. The lowest BCUT2D eigenvalue weighted by Gasteiger charge is -2.16. The number of nitrogens with one attached hydrogen (secondary N) is 1. The Bertz CT molecular complexity index is 1540. The first-order valence-electron chi connectivity index (χ1n) is 11.1. The largest absolute Gasteiger partial charge is 0.462 e. The van der Waals surface area contributed by atoms with Gasteiger partial charge in [-0.25, -0.2) is 9.78 Å². The number of rotatable bonds is 6. The zero-order valence-corrected chi connectivity index (χ0v) is 22.3. The molecule has 36 heavy (non-hydrogen) atoms. The van der Waals surface area contributed by atoms with E-state index in [1.807, 2.05) is 24.3 Å². The van der Waals surface area contributed by atoms with Gasteiger partial charge < -0.3 is 10.1 Å². The highest BCUT2D eigenvalue weighted by atomic mass is 35.5. The van der Waals surface area contributed by atoms with Crippen LogP contribution in [0.25, 0.3) is 22.2 Å². The molecule has 0 spiro atoms. The van der Waals surface area contributed by atoms with Crippen LogP contribution in [-0.4, -0.2) is 29.3 Å². The molecule has 6 nitrogen and oxygen atoms in total. The number of amides is 1. The van der Waals surface area contributed by atoms with Gasteiger partial charge in [0.25, 0.3) is 5.91 Å². The van der Waals surface area contributed by atoms with E-state index in [1.54, 1.807) is 39.0 Å². The van der Waals surface area contributed by atoms with Gasteiger partial charge in [-0.3, -0.25) is 9.59 Å². The summed E-state index contributed by atoms with van der Waals surface area (Å²) in [6.45, 7) is 6.74. The van der Waals surface area contributed by atoms with E-state index in [1.165, 1.54) is 6.92 Å². The monoisotopic (exact) mass is 540 g/mol. The number of carbonyl (C=O) groups excluding carboxylic acids is 3.